The highest BCUT2D eigenvalue weighted by Gasteiger charge is 2.08. The van der Waals surface area contributed by atoms with Gasteiger partial charge in [-0.2, -0.15) is 5.26 Å². The number of hydrogen-bond acceptors (Lipinski definition) is 4. The maximum Gasteiger partial charge on any atom is 0.135 e. The smallest absolute Gasteiger partial charge is 0.135 e. The van der Waals surface area contributed by atoms with Crippen molar-refractivity contribution in [2.75, 3.05) is 18.2 Å². The van der Waals surface area contributed by atoms with E-state index in [4.69, 9.17) is 15.7 Å². The maximum absolute atomic E-state index is 8.86. The number of nitrogens with two attached hydrogens (primary N) is 1. The minimum absolute atomic E-state index is 0.442. The van der Waals surface area contributed by atoms with Crippen molar-refractivity contribution in [2.24, 2.45) is 0 Å². The number of hydrogen-bond donors (Lipinski definition) is 2. The molecule has 102 valence electrons. The Kier molecular flexibility index (Phi) is 4.53. The normalized spacial score (nSPS) is 9.90. The molecule has 0 aliphatic heterocycles. The van der Waals surface area contributed by atoms with Crippen molar-refractivity contribution in [1.82, 2.24) is 0 Å². The lowest BCUT2D eigenvalue weighted by molar-refractivity contribution is 0.412. The SMILES string of the molecule is COc1cc(Nc2ccc(C#N)c(N)c2)c(Br)cc1Br. The van der Waals surface area contributed by atoms with Crippen LogP contribution in [0.15, 0.2) is 39.3 Å². The number of nitriles is 1. The Hall–Kier alpha value is -1.71. The predicted molar refractivity (Wildman–Crippen MR) is 87.2 cm³/mol. The fourth-order valence-electron chi connectivity index (χ4n) is 1.68. The van der Waals surface area contributed by atoms with Crippen LogP contribution in [0.1, 0.15) is 5.56 Å². The van der Waals surface area contributed by atoms with E-state index in [9.17, 15) is 0 Å². The standard InChI is InChI=1S/C14H11Br2N3O/c1-20-14-6-13(10(15)5-11(14)16)19-9-3-2-8(7-17)12(18)4-9/h2-6,19H,18H2,1H3. The second-order valence-electron chi connectivity index (χ2n) is 4.01. The summed E-state index contributed by atoms with van der Waals surface area (Å²) in [4.78, 5) is 0. The second kappa shape index (κ2) is 6.16. The minimum Gasteiger partial charge on any atom is -0.495 e. The molecule has 0 saturated heterocycles. The van der Waals surface area contributed by atoms with Crippen LogP contribution in [-0.2, 0) is 0 Å². The lowest BCUT2D eigenvalue weighted by Crippen LogP contribution is -1.96. The van der Waals surface area contributed by atoms with E-state index in [1.807, 2.05) is 18.2 Å². The van der Waals surface area contributed by atoms with Gasteiger partial charge in [-0.15, -0.1) is 0 Å². The van der Waals surface area contributed by atoms with Gasteiger partial charge in [0.1, 0.15) is 11.8 Å². The third-order valence-electron chi connectivity index (χ3n) is 2.69. The third kappa shape index (κ3) is 3.06. The molecule has 20 heavy (non-hydrogen) atoms. The molecule has 2 rings (SSSR count). The molecule has 0 amide bonds. The lowest BCUT2D eigenvalue weighted by Gasteiger charge is -2.12. The summed E-state index contributed by atoms with van der Waals surface area (Å²) in [7, 11) is 1.61. The number of ether oxygens (including phenoxy) is 1. The molecule has 0 saturated carbocycles. The van der Waals surface area contributed by atoms with Gasteiger partial charge in [0.05, 0.1) is 28.5 Å². The molecule has 0 atom stereocenters. The Balaban J connectivity index is 2.35. The zero-order valence-electron chi connectivity index (χ0n) is 10.6. The Morgan fingerprint density at radius 1 is 1.20 bits per heavy atom. The van der Waals surface area contributed by atoms with Gasteiger partial charge in [-0.25, -0.2) is 0 Å². The molecular formula is C14H11Br2N3O. The van der Waals surface area contributed by atoms with Gasteiger partial charge >= 0.3 is 0 Å². The molecule has 0 aliphatic carbocycles. The van der Waals surface area contributed by atoms with Crippen LogP contribution in [0.5, 0.6) is 5.75 Å². The van der Waals surface area contributed by atoms with Crippen LogP contribution >= 0.6 is 31.9 Å². The molecule has 4 nitrogen and oxygen atoms in total. The van der Waals surface area contributed by atoms with Crippen LogP contribution < -0.4 is 15.8 Å². The lowest BCUT2D eigenvalue weighted by atomic mass is 10.1. The molecule has 0 radical (unpaired) electrons. The van der Waals surface area contributed by atoms with Crippen LogP contribution in [0.3, 0.4) is 0 Å². The average Bonchev–Trinajstić information content (AvgIpc) is 2.42. The van der Waals surface area contributed by atoms with E-state index in [1.165, 1.54) is 0 Å². The summed E-state index contributed by atoms with van der Waals surface area (Å²) < 4.78 is 7.00. The Morgan fingerprint density at radius 3 is 2.55 bits per heavy atom. The number of nitrogens with one attached hydrogen (secondary N) is 1. The fraction of sp³-hybridized carbons (Fsp3) is 0.0714. The molecule has 0 unspecified atom stereocenters. The number of halogens is 2. The van der Waals surface area contributed by atoms with Gasteiger partial charge in [0.25, 0.3) is 0 Å². The van der Waals surface area contributed by atoms with Crippen molar-refractivity contribution in [1.29, 1.82) is 5.26 Å². The van der Waals surface area contributed by atoms with E-state index in [0.29, 0.717) is 11.3 Å². The van der Waals surface area contributed by atoms with E-state index < -0.39 is 0 Å². The predicted octanol–water partition coefficient (Wildman–Crippen LogP) is 4.42. The first-order chi connectivity index (χ1) is 9.55. The fourth-order valence-corrected chi connectivity index (χ4v) is 2.93. The van der Waals surface area contributed by atoms with Crippen molar-refractivity contribution in [3.8, 4) is 11.8 Å². The van der Waals surface area contributed by atoms with Crippen molar-refractivity contribution >= 4 is 48.9 Å². The molecule has 2 aromatic carbocycles. The van der Waals surface area contributed by atoms with Crippen LogP contribution in [0.4, 0.5) is 17.1 Å². The van der Waals surface area contributed by atoms with E-state index in [-0.39, 0.29) is 0 Å². The first-order valence-electron chi connectivity index (χ1n) is 5.65. The molecule has 3 N–H and O–H groups in total. The van der Waals surface area contributed by atoms with Crippen molar-refractivity contribution in [3.05, 3.63) is 44.8 Å². The van der Waals surface area contributed by atoms with Crippen LogP contribution in [0.25, 0.3) is 0 Å². The highest BCUT2D eigenvalue weighted by Crippen LogP contribution is 2.36. The van der Waals surface area contributed by atoms with Gasteiger partial charge in [-0.3, -0.25) is 0 Å². The molecule has 0 spiro atoms. The summed E-state index contributed by atoms with van der Waals surface area (Å²) in [6, 6.07) is 11.0. The van der Waals surface area contributed by atoms with Crippen LogP contribution in [-0.4, -0.2) is 7.11 Å². The van der Waals surface area contributed by atoms with Crippen molar-refractivity contribution in [2.45, 2.75) is 0 Å². The second-order valence-corrected chi connectivity index (χ2v) is 5.71. The number of methoxy groups -OCH3 is 1. The number of rotatable bonds is 3. The minimum atomic E-state index is 0.442. The summed E-state index contributed by atoms with van der Waals surface area (Å²) in [5.74, 6) is 0.720. The number of benzene rings is 2. The number of anilines is 3. The number of nitrogen functional groups attached to an aromatic ring is 1. The molecular weight excluding hydrogens is 386 g/mol. The van der Waals surface area contributed by atoms with E-state index in [0.717, 1.165) is 26.1 Å². The van der Waals surface area contributed by atoms with E-state index in [2.05, 4.69) is 37.2 Å². The maximum atomic E-state index is 8.86. The largest absolute Gasteiger partial charge is 0.495 e. The van der Waals surface area contributed by atoms with E-state index in [1.54, 1.807) is 25.3 Å². The molecule has 2 aromatic rings. The summed E-state index contributed by atoms with van der Waals surface area (Å²) in [5, 5.41) is 12.1. The third-order valence-corrected chi connectivity index (χ3v) is 3.97. The van der Waals surface area contributed by atoms with Gasteiger partial charge in [0.15, 0.2) is 0 Å². The van der Waals surface area contributed by atoms with Gasteiger partial charge in [0.2, 0.25) is 0 Å². The zero-order chi connectivity index (χ0) is 14.7. The summed E-state index contributed by atoms with van der Waals surface area (Å²) in [6.45, 7) is 0. The molecule has 6 heteroatoms. The topological polar surface area (TPSA) is 71.1 Å². The first-order valence-corrected chi connectivity index (χ1v) is 7.23. The van der Waals surface area contributed by atoms with Crippen LogP contribution in [0.2, 0.25) is 0 Å². The molecule has 0 fully saturated rings. The van der Waals surface area contributed by atoms with Crippen molar-refractivity contribution in [3.63, 3.8) is 0 Å². The Labute approximate surface area is 133 Å². The Morgan fingerprint density at radius 2 is 1.95 bits per heavy atom. The highest BCUT2D eigenvalue weighted by molar-refractivity contribution is 9.11. The monoisotopic (exact) mass is 395 g/mol. The Bertz CT molecular complexity index is 696. The molecule has 0 bridgehead atoms. The van der Waals surface area contributed by atoms with Gasteiger partial charge < -0.3 is 15.8 Å². The quantitative estimate of drug-likeness (QED) is 0.753. The molecule has 0 heterocycles. The summed E-state index contributed by atoms with van der Waals surface area (Å²) in [6.07, 6.45) is 0. The number of nitrogens with zero attached hydrogens (tertiary/aromatic N) is 1. The van der Waals surface area contributed by atoms with Gasteiger partial charge in [0, 0.05) is 16.2 Å². The van der Waals surface area contributed by atoms with Crippen LogP contribution in [0, 0.1) is 11.3 Å². The highest BCUT2D eigenvalue weighted by atomic mass is 79.9. The summed E-state index contributed by atoms with van der Waals surface area (Å²) in [5.41, 5.74) is 8.34. The van der Waals surface area contributed by atoms with Crippen molar-refractivity contribution < 1.29 is 4.74 Å². The first kappa shape index (κ1) is 14.7. The summed E-state index contributed by atoms with van der Waals surface area (Å²) >= 11 is 6.90. The molecule has 0 aromatic heterocycles. The zero-order valence-corrected chi connectivity index (χ0v) is 13.7. The average molecular weight is 397 g/mol. The molecule has 0 aliphatic rings. The van der Waals surface area contributed by atoms with Gasteiger partial charge in [-0.05, 0) is 56.1 Å². The van der Waals surface area contributed by atoms with E-state index >= 15 is 0 Å². The van der Waals surface area contributed by atoms with Gasteiger partial charge in [-0.1, -0.05) is 0 Å².